The molecule has 2 unspecified atom stereocenters. The molecule has 0 aromatic heterocycles. The third kappa shape index (κ3) is 3.30. The number of rotatable bonds is 6. The Morgan fingerprint density at radius 3 is 1.35 bits per heavy atom. The second kappa shape index (κ2) is 7.85. The summed E-state index contributed by atoms with van der Waals surface area (Å²) in [5.74, 6) is 3.23. The van der Waals surface area contributed by atoms with Gasteiger partial charge in [-0.25, -0.2) is 10.9 Å². The van der Waals surface area contributed by atoms with Gasteiger partial charge in [-0.2, -0.15) is 0 Å². The molecule has 0 amide bonds. The Morgan fingerprint density at radius 2 is 1.00 bits per heavy atom. The van der Waals surface area contributed by atoms with E-state index in [0.29, 0.717) is 5.92 Å². The van der Waals surface area contributed by atoms with Gasteiger partial charge < -0.3 is 18.9 Å². The lowest BCUT2D eigenvalue weighted by atomic mass is 9.87. The van der Waals surface area contributed by atoms with Crippen LogP contribution in [-0.2, 0) is 0 Å². The van der Waals surface area contributed by atoms with Crippen LogP contribution in [0.3, 0.4) is 0 Å². The number of hydrogen-bond donors (Lipinski definition) is 2. The molecule has 0 bridgehead atoms. The molecule has 1 fully saturated rings. The van der Waals surface area contributed by atoms with Gasteiger partial charge in [-0.3, -0.25) is 0 Å². The maximum Gasteiger partial charge on any atom is 0.161 e. The van der Waals surface area contributed by atoms with Crippen molar-refractivity contribution in [1.29, 1.82) is 0 Å². The Hall–Kier alpha value is -2.44. The van der Waals surface area contributed by atoms with Crippen LogP contribution in [0.1, 0.15) is 30.1 Å². The maximum absolute atomic E-state index is 5.44. The summed E-state index contributed by atoms with van der Waals surface area (Å²) in [5, 5.41) is 0. The summed E-state index contributed by atoms with van der Waals surface area (Å²) in [7, 11) is 6.58. The van der Waals surface area contributed by atoms with Gasteiger partial charge in [0.05, 0.1) is 40.5 Å². The molecule has 0 aliphatic carbocycles. The molecule has 1 aliphatic heterocycles. The van der Waals surface area contributed by atoms with E-state index in [0.717, 1.165) is 34.1 Å². The van der Waals surface area contributed by atoms with Crippen molar-refractivity contribution in [2.45, 2.75) is 19.0 Å². The number of ether oxygens (including phenoxy) is 4. The SMILES string of the molecule is COc1ccc(C2NNC(c3ccc(OC)c(OC)c3)C2C)cc1OC. The Bertz CT molecular complexity index is 702. The smallest absolute Gasteiger partial charge is 0.161 e. The fourth-order valence-electron chi connectivity index (χ4n) is 3.50. The minimum absolute atomic E-state index is 0.146. The Kier molecular flexibility index (Phi) is 5.54. The molecule has 3 rings (SSSR count). The van der Waals surface area contributed by atoms with E-state index < -0.39 is 0 Å². The van der Waals surface area contributed by atoms with Crippen LogP contribution in [0.5, 0.6) is 23.0 Å². The maximum atomic E-state index is 5.44. The first-order valence-electron chi connectivity index (χ1n) is 8.57. The van der Waals surface area contributed by atoms with Crippen molar-refractivity contribution in [2.75, 3.05) is 28.4 Å². The molecule has 26 heavy (non-hydrogen) atoms. The summed E-state index contributed by atoms with van der Waals surface area (Å²) in [4.78, 5) is 0. The summed E-state index contributed by atoms with van der Waals surface area (Å²) >= 11 is 0. The van der Waals surface area contributed by atoms with Crippen molar-refractivity contribution in [3.63, 3.8) is 0 Å². The van der Waals surface area contributed by atoms with Crippen LogP contribution in [0.2, 0.25) is 0 Å². The highest BCUT2D eigenvalue weighted by atomic mass is 16.5. The number of hydrazine groups is 1. The Balaban J connectivity index is 1.85. The molecule has 2 aromatic rings. The highest BCUT2D eigenvalue weighted by Gasteiger charge is 2.35. The minimum Gasteiger partial charge on any atom is -0.493 e. The summed E-state index contributed by atoms with van der Waals surface area (Å²) in [6, 6.07) is 12.3. The monoisotopic (exact) mass is 358 g/mol. The average molecular weight is 358 g/mol. The zero-order valence-electron chi connectivity index (χ0n) is 15.8. The molecule has 2 N–H and O–H groups in total. The van der Waals surface area contributed by atoms with Crippen LogP contribution in [0.4, 0.5) is 0 Å². The van der Waals surface area contributed by atoms with E-state index in [1.54, 1.807) is 28.4 Å². The summed E-state index contributed by atoms with van der Waals surface area (Å²) in [5.41, 5.74) is 9.10. The van der Waals surface area contributed by atoms with Gasteiger partial charge in [-0.15, -0.1) is 0 Å². The van der Waals surface area contributed by atoms with E-state index in [-0.39, 0.29) is 12.1 Å². The lowest BCUT2D eigenvalue weighted by Gasteiger charge is -2.21. The lowest BCUT2D eigenvalue weighted by molar-refractivity contribution is 0.352. The van der Waals surface area contributed by atoms with E-state index in [1.807, 2.05) is 24.3 Å². The molecular formula is C20H26N2O4. The molecule has 1 aliphatic rings. The number of nitrogens with one attached hydrogen (secondary N) is 2. The topological polar surface area (TPSA) is 61.0 Å². The van der Waals surface area contributed by atoms with Crippen LogP contribution in [-0.4, -0.2) is 28.4 Å². The molecular weight excluding hydrogens is 332 g/mol. The normalized spacial score (nSPS) is 22.1. The molecule has 6 nitrogen and oxygen atoms in total. The van der Waals surface area contributed by atoms with Crippen LogP contribution in [0.25, 0.3) is 0 Å². The van der Waals surface area contributed by atoms with Gasteiger partial charge in [0.1, 0.15) is 0 Å². The average Bonchev–Trinajstić information content (AvgIpc) is 3.08. The first-order valence-corrected chi connectivity index (χ1v) is 8.57. The van der Waals surface area contributed by atoms with Crippen LogP contribution in [0, 0.1) is 5.92 Å². The van der Waals surface area contributed by atoms with Gasteiger partial charge in [0.15, 0.2) is 23.0 Å². The van der Waals surface area contributed by atoms with Gasteiger partial charge in [0, 0.05) is 0 Å². The van der Waals surface area contributed by atoms with Crippen molar-refractivity contribution < 1.29 is 18.9 Å². The highest BCUT2D eigenvalue weighted by Crippen LogP contribution is 2.41. The number of benzene rings is 2. The first-order chi connectivity index (χ1) is 12.6. The highest BCUT2D eigenvalue weighted by molar-refractivity contribution is 5.46. The van der Waals surface area contributed by atoms with Crippen molar-refractivity contribution in [3.05, 3.63) is 47.5 Å². The van der Waals surface area contributed by atoms with Gasteiger partial charge >= 0.3 is 0 Å². The van der Waals surface area contributed by atoms with Gasteiger partial charge in [0.2, 0.25) is 0 Å². The fourth-order valence-corrected chi connectivity index (χ4v) is 3.50. The first kappa shape index (κ1) is 18.4. The molecule has 0 saturated carbocycles. The van der Waals surface area contributed by atoms with E-state index in [9.17, 15) is 0 Å². The van der Waals surface area contributed by atoms with E-state index in [2.05, 4.69) is 29.9 Å². The van der Waals surface area contributed by atoms with Crippen molar-refractivity contribution >= 4 is 0 Å². The lowest BCUT2D eigenvalue weighted by Crippen LogP contribution is -2.26. The number of hydrogen-bond acceptors (Lipinski definition) is 6. The standard InChI is InChI=1S/C20H26N2O4/c1-12-19(13-6-8-15(23-2)17(10-13)25-4)21-22-20(12)14-7-9-16(24-3)18(11-14)26-5/h6-12,19-22H,1-5H3. The van der Waals surface area contributed by atoms with Crippen LogP contribution in [0.15, 0.2) is 36.4 Å². The summed E-state index contributed by atoms with van der Waals surface area (Å²) < 4.78 is 21.5. The molecule has 2 aromatic carbocycles. The Labute approximate surface area is 154 Å². The fraction of sp³-hybridized carbons (Fsp3) is 0.400. The minimum atomic E-state index is 0.146. The molecule has 0 radical (unpaired) electrons. The third-order valence-corrected chi connectivity index (χ3v) is 4.98. The zero-order valence-corrected chi connectivity index (χ0v) is 15.8. The number of methoxy groups -OCH3 is 4. The molecule has 6 heteroatoms. The van der Waals surface area contributed by atoms with Crippen LogP contribution >= 0.6 is 0 Å². The third-order valence-electron chi connectivity index (χ3n) is 4.98. The zero-order chi connectivity index (χ0) is 18.7. The predicted molar refractivity (Wildman–Crippen MR) is 100 cm³/mol. The second-order valence-corrected chi connectivity index (χ2v) is 6.33. The second-order valence-electron chi connectivity index (χ2n) is 6.33. The van der Waals surface area contributed by atoms with E-state index in [1.165, 1.54) is 0 Å². The van der Waals surface area contributed by atoms with Crippen molar-refractivity contribution in [1.82, 2.24) is 10.9 Å². The van der Waals surface area contributed by atoms with Crippen molar-refractivity contribution in [3.8, 4) is 23.0 Å². The van der Waals surface area contributed by atoms with Gasteiger partial charge in [-0.05, 0) is 41.3 Å². The molecule has 0 spiro atoms. The molecule has 1 saturated heterocycles. The van der Waals surface area contributed by atoms with Crippen molar-refractivity contribution in [2.24, 2.45) is 5.92 Å². The molecule has 2 atom stereocenters. The largest absolute Gasteiger partial charge is 0.493 e. The summed E-state index contributed by atoms with van der Waals surface area (Å²) in [6.45, 7) is 2.22. The molecule has 140 valence electrons. The van der Waals surface area contributed by atoms with Gasteiger partial charge in [-0.1, -0.05) is 19.1 Å². The van der Waals surface area contributed by atoms with Crippen LogP contribution < -0.4 is 29.8 Å². The Morgan fingerprint density at radius 1 is 0.615 bits per heavy atom. The summed E-state index contributed by atoms with van der Waals surface area (Å²) in [6.07, 6.45) is 0. The van der Waals surface area contributed by atoms with E-state index in [4.69, 9.17) is 18.9 Å². The molecule has 1 heterocycles. The predicted octanol–water partition coefficient (Wildman–Crippen LogP) is 3.25. The van der Waals surface area contributed by atoms with E-state index >= 15 is 0 Å². The quantitative estimate of drug-likeness (QED) is 0.827. The van der Waals surface area contributed by atoms with Gasteiger partial charge in [0.25, 0.3) is 0 Å².